The van der Waals surface area contributed by atoms with E-state index in [1.807, 2.05) is 68.6 Å². The quantitative estimate of drug-likeness (QED) is 0.0813. The maximum absolute atomic E-state index is 15.0. The van der Waals surface area contributed by atoms with E-state index in [-0.39, 0.29) is 43.7 Å². The van der Waals surface area contributed by atoms with E-state index in [0.717, 1.165) is 11.0 Å². The van der Waals surface area contributed by atoms with Crippen LogP contribution in [0, 0.1) is 23.7 Å². The maximum atomic E-state index is 15.0. The molecule has 368 valence electrons. The number of carbonyl (C=O) groups excluding carboxylic acids is 4. The summed E-state index contributed by atoms with van der Waals surface area (Å²) in [5, 5.41) is 20.5. The smallest absolute Gasteiger partial charge is 0.410 e. The number of nitrogens with zero attached hydrogens (tertiary/aromatic N) is 6. The third kappa shape index (κ3) is 11.2. The summed E-state index contributed by atoms with van der Waals surface area (Å²) >= 11 is 0. The number of unbranched alkanes of at least 4 members (excludes halogenated alkanes) is 1. The number of hydrogen-bond donors (Lipinski definition) is 1. The van der Waals surface area contributed by atoms with Crippen molar-refractivity contribution in [3.8, 4) is 0 Å². The third-order valence-electron chi connectivity index (χ3n) is 14.4. The zero-order chi connectivity index (χ0) is 48.8. The fourth-order valence-corrected chi connectivity index (χ4v) is 10.8. The van der Waals surface area contributed by atoms with Crippen LogP contribution in [0.1, 0.15) is 93.1 Å². The van der Waals surface area contributed by atoms with Crippen molar-refractivity contribution in [1.82, 2.24) is 29.8 Å². The van der Waals surface area contributed by atoms with Crippen LogP contribution in [-0.2, 0) is 55.8 Å². The number of hydrogen-bond acceptors (Lipinski definition) is 15. The molecule has 17 heteroatoms. The fraction of sp³-hybridized carbons (Fsp3) is 0.660. The first-order valence-corrected chi connectivity index (χ1v) is 23.8. The Morgan fingerprint density at radius 2 is 1.78 bits per heavy atom. The topological polar surface area (TPSA) is 194 Å². The first-order chi connectivity index (χ1) is 31.9. The summed E-state index contributed by atoms with van der Waals surface area (Å²) in [7, 11) is 3.42. The number of esters is 2. The van der Waals surface area contributed by atoms with E-state index < -0.39 is 89.7 Å². The van der Waals surface area contributed by atoms with Gasteiger partial charge in [-0.05, 0) is 90.6 Å². The number of amides is 1. The molecule has 14 atom stereocenters. The Morgan fingerprint density at radius 1 is 1.04 bits per heavy atom. The number of para-hydroxylation sites is 1. The summed E-state index contributed by atoms with van der Waals surface area (Å²) in [5.41, 5.74) is -0.455. The van der Waals surface area contributed by atoms with Gasteiger partial charge in [0.05, 0.1) is 41.7 Å². The number of pyridine rings is 1. The normalized spacial score (nSPS) is 34.3. The van der Waals surface area contributed by atoms with Crippen LogP contribution in [0.3, 0.4) is 0 Å². The molecule has 3 aliphatic heterocycles. The highest BCUT2D eigenvalue weighted by Crippen LogP contribution is 2.44. The van der Waals surface area contributed by atoms with Crippen LogP contribution in [0.5, 0.6) is 0 Å². The minimum Gasteiger partial charge on any atom is -0.461 e. The number of Topliss-reactive ketones (excluding diaryl/α,β-unsaturated/α-hetero) is 1. The lowest BCUT2D eigenvalue weighted by Gasteiger charge is -2.48. The van der Waals surface area contributed by atoms with Crippen LogP contribution >= 0.6 is 0 Å². The Labute approximate surface area is 394 Å². The van der Waals surface area contributed by atoms with E-state index in [1.54, 1.807) is 63.2 Å². The van der Waals surface area contributed by atoms with E-state index in [2.05, 4.69) is 21.9 Å². The third-order valence-corrected chi connectivity index (χ3v) is 14.4. The van der Waals surface area contributed by atoms with Gasteiger partial charge >= 0.3 is 18.0 Å². The molecule has 3 fully saturated rings. The molecule has 3 aliphatic rings. The van der Waals surface area contributed by atoms with Gasteiger partial charge in [-0.15, -0.1) is 11.7 Å². The molecule has 3 saturated heterocycles. The van der Waals surface area contributed by atoms with E-state index >= 15 is 4.79 Å². The van der Waals surface area contributed by atoms with Gasteiger partial charge in [0.1, 0.15) is 29.6 Å². The lowest BCUT2D eigenvalue weighted by atomic mass is 9.73. The summed E-state index contributed by atoms with van der Waals surface area (Å²) < 4.78 is 40.5. The van der Waals surface area contributed by atoms with Crippen molar-refractivity contribution in [2.75, 3.05) is 27.2 Å². The molecule has 0 radical (unpaired) electrons. The number of aliphatic hydroxyl groups excluding tert-OH is 1. The van der Waals surface area contributed by atoms with E-state index in [9.17, 15) is 19.5 Å². The van der Waals surface area contributed by atoms with Gasteiger partial charge in [0.15, 0.2) is 11.9 Å². The van der Waals surface area contributed by atoms with Gasteiger partial charge in [-0.2, -0.15) is 0 Å². The molecule has 3 aromatic rings. The average molecular weight is 933 g/mol. The number of methoxy groups -OCH3 is 1. The predicted octanol–water partition coefficient (Wildman–Crippen LogP) is 5.95. The second-order valence-corrected chi connectivity index (χ2v) is 19.4. The first-order valence-electron chi connectivity index (χ1n) is 23.8. The number of fused-ring (bicyclic) bond motifs is 2. The van der Waals surface area contributed by atoms with Gasteiger partial charge in [-0.25, -0.2) is 9.48 Å². The molecule has 6 rings (SSSR count). The highest BCUT2D eigenvalue weighted by molar-refractivity contribution is 5.85. The molecular formula is C50H72N6O11. The van der Waals surface area contributed by atoms with Crippen LogP contribution in [-0.4, -0.2) is 146 Å². The monoisotopic (exact) mass is 933 g/mol. The van der Waals surface area contributed by atoms with E-state index in [4.69, 9.17) is 28.4 Å². The number of benzene rings is 1. The van der Waals surface area contributed by atoms with Crippen molar-refractivity contribution in [2.45, 2.75) is 161 Å². The maximum Gasteiger partial charge on any atom is 0.410 e. The second kappa shape index (κ2) is 22.1. The van der Waals surface area contributed by atoms with Gasteiger partial charge in [-0.1, -0.05) is 57.2 Å². The molecule has 2 aromatic heterocycles. The number of aliphatic hydroxyl groups is 1. The summed E-state index contributed by atoms with van der Waals surface area (Å²) in [6.45, 7) is 19.6. The highest BCUT2D eigenvalue weighted by Gasteiger charge is 2.60. The van der Waals surface area contributed by atoms with Crippen molar-refractivity contribution in [3.63, 3.8) is 0 Å². The Morgan fingerprint density at radius 3 is 2.46 bits per heavy atom. The summed E-state index contributed by atoms with van der Waals surface area (Å²) in [6.07, 6.45) is 0.425. The molecule has 0 spiro atoms. The number of ketones is 1. The largest absolute Gasteiger partial charge is 0.461 e. The number of ether oxygens (including phenoxy) is 6. The number of aryl methyl sites for hydroxylation is 1. The Balaban J connectivity index is 1.37. The Kier molecular flexibility index (Phi) is 17.0. The Bertz CT molecular complexity index is 2180. The highest BCUT2D eigenvalue weighted by atomic mass is 16.7. The zero-order valence-corrected chi connectivity index (χ0v) is 40.9. The minimum absolute atomic E-state index is 0.107. The number of likely N-dealkylation sites (N-methyl/N-ethyl adjacent to an activating group) is 1. The van der Waals surface area contributed by atoms with Gasteiger partial charge in [0.2, 0.25) is 0 Å². The minimum atomic E-state index is -1.45. The number of carbonyl (C=O) groups is 4. The van der Waals surface area contributed by atoms with Gasteiger partial charge in [-0.3, -0.25) is 24.3 Å². The van der Waals surface area contributed by atoms with Crippen molar-refractivity contribution in [1.29, 1.82) is 0 Å². The molecule has 1 amide bonds. The van der Waals surface area contributed by atoms with Crippen LogP contribution in [0.2, 0.25) is 0 Å². The summed E-state index contributed by atoms with van der Waals surface area (Å²) in [6, 6.07) is 9.99. The summed E-state index contributed by atoms with van der Waals surface area (Å²) in [4.78, 5) is 65.6. The summed E-state index contributed by atoms with van der Waals surface area (Å²) in [5.74, 6) is -4.89. The average Bonchev–Trinajstić information content (AvgIpc) is 3.84. The number of cyclic esters (lactones) is 1. The van der Waals surface area contributed by atoms with Gasteiger partial charge in [0.25, 0.3) is 0 Å². The second-order valence-electron chi connectivity index (χ2n) is 19.4. The van der Waals surface area contributed by atoms with Crippen molar-refractivity contribution < 1.29 is 52.7 Å². The molecule has 1 N–H and O–H groups in total. The molecule has 17 nitrogen and oxygen atoms in total. The molecule has 67 heavy (non-hydrogen) atoms. The SMILES string of the molecule is C=CCN(C)[C@@H]1C[C@H](C)O[C@H](O[C@@H]2[C@@H](C)[C@H](OC(=O)Cc3cccnc3)[C@@H](C)C(=O)O[C@H](CC)[C@@]3(C)OC(=O)N(CCCCn4nnc5ccccc54)[C@@H]3[C@@H](C)C(=O)[C@H](C)C[C@@]2(C)OC)[C@H]1O. The molecular weight excluding hydrogens is 861 g/mol. The molecule has 0 bridgehead atoms. The molecule has 0 aliphatic carbocycles. The predicted molar refractivity (Wildman–Crippen MR) is 248 cm³/mol. The Hall–Kier alpha value is -4.81. The van der Waals surface area contributed by atoms with Crippen LogP contribution < -0.4 is 0 Å². The van der Waals surface area contributed by atoms with E-state index in [1.165, 1.54) is 7.11 Å². The number of rotatable bonds is 15. The van der Waals surface area contributed by atoms with Crippen molar-refractivity contribution >= 4 is 34.8 Å². The van der Waals surface area contributed by atoms with Crippen molar-refractivity contribution in [2.24, 2.45) is 23.7 Å². The van der Waals surface area contributed by atoms with Crippen LogP contribution in [0.25, 0.3) is 11.0 Å². The molecule has 1 aromatic carbocycles. The van der Waals surface area contributed by atoms with Crippen LogP contribution in [0.4, 0.5) is 4.79 Å². The lowest BCUT2D eigenvalue weighted by molar-refractivity contribution is -0.302. The molecule has 0 unspecified atom stereocenters. The number of aromatic nitrogens is 4. The molecule has 0 saturated carbocycles. The zero-order valence-electron chi connectivity index (χ0n) is 40.9. The van der Waals surface area contributed by atoms with Gasteiger partial charge < -0.3 is 38.4 Å². The van der Waals surface area contributed by atoms with Crippen LogP contribution in [0.15, 0.2) is 61.4 Å². The van der Waals surface area contributed by atoms with Crippen molar-refractivity contribution in [3.05, 3.63) is 67.0 Å². The first kappa shape index (κ1) is 51.6. The van der Waals surface area contributed by atoms with Gasteiger partial charge in [0, 0.05) is 62.9 Å². The standard InChI is InChI=1S/C50H72N6O11/c1-12-23-54(10)38-26-31(4)63-47(42(38)59)66-45-33(6)43(65-40(57)27-35-19-18-22-51-29-35)34(7)46(60)64-39(13-2)50(9)44(32(5)41(58)30(3)28-49(45,8)62-11)55(48(61)67-50)24-16-17-25-56-37-21-15-14-20-36(37)52-53-56/h12,14-15,18-22,29-34,38-39,42-45,47,59H,1,13,16-17,23-28H2,2-11H3/t30-,31+,32+,33+,34-,38-,39-,42+,43+,44-,45-,47-,49-,50-/m1/s1. The molecule has 5 heterocycles. The lowest BCUT2D eigenvalue weighted by Crippen LogP contribution is -2.61. The fourth-order valence-electron chi connectivity index (χ4n) is 10.8. The van der Waals surface area contributed by atoms with E-state index in [0.29, 0.717) is 37.9 Å².